The van der Waals surface area contributed by atoms with Crippen molar-refractivity contribution in [3.8, 4) is 0 Å². The van der Waals surface area contributed by atoms with Crippen LogP contribution in [0.15, 0.2) is 11.6 Å². The maximum Gasteiger partial charge on any atom is 0.233 e. The SMILES string of the molecule is O=C(CNC1CCCC1)NCCC1=CCCCC1. The van der Waals surface area contributed by atoms with Crippen LogP contribution < -0.4 is 10.6 Å². The first-order valence-electron chi connectivity index (χ1n) is 7.52. The van der Waals surface area contributed by atoms with Gasteiger partial charge in [-0.3, -0.25) is 4.79 Å². The van der Waals surface area contributed by atoms with Gasteiger partial charge in [-0.25, -0.2) is 0 Å². The molecule has 3 nitrogen and oxygen atoms in total. The zero-order valence-corrected chi connectivity index (χ0v) is 11.3. The second-order valence-corrected chi connectivity index (χ2v) is 5.57. The van der Waals surface area contributed by atoms with Crippen LogP contribution in [0, 0.1) is 0 Å². The second-order valence-electron chi connectivity index (χ2n) is 5.57. The van der Waals surface area contributed by atoms with Crippen LogP contribution in [0.2, 0.25) is 0 Å². The van der Waals surface area contributed by atoms with E-state index in [2.05, 4.69) is 16.7 Å². The van der Waals surface area contributed by atoms with Gasteiger partial charge in [-0.15, -0.1) is 0 Å². The van der Waals surface area contributed by atoms with Crippen LogP contribution in [-0.4, -0.2) is 25.0 Å². The molecule has 0 unspecified atom stereocenters. The molecule has 1 saturated carbocycles. The Labute approximate surface area is 110 Å². The molecular weight excluding hydrogens is 224 g/mol. The molecule has 102 valence electrons. The van der Waals surface area contributed by atoms with Crippen LogP contribution >= 0.6 is 0 Å². The molecule has 2 aliphatic rings. The normalized spacial score (nSPS) is 20.8. The van der Waals surface area contributed by atoms with Crippen LogP contribution in [0.3, 0.4) is 0 Å². The Morgan fingerprint density at radius 3 is 2.78 bits per heavy atom. The highest BCUT2D eigenvalue weighted by molar-refractivity contribution is 5.78. The highest BCUT2D eigenvalue weighted by Gasteiger charge is 2.15. The quantitative estimate of drug-likeness (QED) is 0.711. The summed E-state index contributed by atoms with van der Waals surface area (Å²) in [5.41, 5.74) is 1.53. The van der Waals surface area contributed by atoms with E-state index < -0.39 is 0 Å². The molecule has 3 heteroatoms. The lowest BCUT2D eigenvalue weighted by atomic mass is 9.97. The zero-order valence-electron chi connectivity index (χ0n) is 11.3. The first-order chi connectivity index (χ1) is 8.84. The highest BCUT2D eigenvalue weighted by atomic mass is 16.1. The zero-order chi connectivity index (χ0) is 12.6. The number of carbonyl (C=O) groups is 1. The summed E-state index contributed by atoms with van der Waals surface area (Å²) in [5, 5.41) is 6.35. The third kappa shape index (κ3) is 4.81. The minimum Gasteiger partial charge on any atom is -0.355 e. The third-order valence-electron chi connectivity index (χ3n) is 4.06. The molecule has 0 spiro atoms. The smallest absolute Gasteiger partial charge is 0.233 e. The van der Waals surface area contributed by atoms with Gasteiger partial charge in [0.05, 0.1) is 6.54 Å². The van der Waals surface area contributed by atoms with Crippen LogP contribution in [0.25, 0.3) is 0 Å². The molecule has 2 N–H and O–H groups in total. The van der Waals surface area contributed by atoms with Gasteiger partial charge in [0.1, 0.15) is 0 Å². The summed E-state index contributed by atoms with van der Waals surface area (Å²) in [7, 11) is 0. The first-order valence-corrected chi connectivity index (χ1v) is 7.52. The van der Waals surface area contributed by atoms with Gasteiger partial charge >= 0.3 is 0 Å². The Bertz CT molecular complexity index is 293. The lowest BCUT2D eigenvalue weighted by molar-refractivity contribution is -0.120. The van der Waals surface area contributed by atoms with Gasteiger partial charge in [0.15, 0.2) is 0 Å². The summed E-state index contributed by atoms with van der Waals surface area (Å²) in [6, 6.07) is 0.580. The Morgan fingerprint density at radius 2 is 2.06 bits per heavy atom. The van der Waals surface area contributed by atoms with Crippen molar-refractivity contribution in [3.63, 3.8) is 0 Å². The van der Waals surface area contributed by atoms with Gasteiger partial charge in [-0.05, 0) is 44.9 Å². The molecule has 1 fully saturated rings. The van der Waals surface area contributed by atoms with Crippen molar-refractivity contribution in [2.75, 3.05) is 13.1 Å². The van der Waals surface area contributed by atoms with Crippen LogP contribution in [0.5, 0.6) is 0 Å². The summed E-state index contributed by atoms with van der Waals surface area (Å²) >= 11 is 0. The van der Waals surface area contributed by atoms with E-state index in [0.29, 0.717) is 12.6 Å². The molecule has 0 aromatic heterocycles. The standard InChI is InChI=1S/C15H26N2O/c18-15(12-17-14-8-4-5-9-14)16-11-10-13-6-2-1-3-7-13/h6,14,17H,1-5,7-12H2,(H,16,18). The average molecular weight is 250 g/mol. The van der Waals surface area contributed by atoms with E-state index in [-0.39, 0.29) is 5.91 Å². The van der Waals surface area contributed by atoms with E-state index in [1.807, 2.05) is 0 Å². The fourth-order valence-corrected chi connectivity index (χ4v) is 2.92. The molecule has 18 heavy (non-hydrogen) atoms. The maximum absolute atomic E-state index is 11.6. The van der Waals surface area contributed by atoms with Gasteiger partial charge in [0.25, 0.3) is 0 Å². The Kier molecular flexibility index (Phi) is 5.72. The molecule has 2 rings (SSSR count). The average Bonchev–Trinajstić information content (AvgIpc) is 2.91. The Morgan fingerprint density at radius 1 is 1.22 bits per heavy atom. The number of hydrogen-bond acceptors (Lipinski definition) is 2. The summed E-state index contributed by atoms with van der Waals surface area (Å²) in [6.45, 7) is 1.29. The molecule has 2 aliphatic carbocycles. The molecular formula is C15H26N2O. The van der Waals surface area contributed by atoms with Gasteiger partial charge in [-0.2, -0.15) is 0 Å². The fourth-order valence-electron chi connectivity index (χ4n) is 2.92. The summed E-state index contributed by atoms with van der Waals surface area (Å²) in [6.07, 6.45) is 13.6. The molecule has 0 bridgehead atoms. The number of nitrogens with one attached hydrogen (secondary N) is 2. The van der Waals surface area contributed by atoms with Crippen LogP contribution in [0.4, 0.5) is 0 Å². The monoisotopic (exact) mass is 250 g/mol. The van der Waals surface area contributed by atoms with E-state index >= 15 is 0 Å². The van der Waals surface area contributed by atoms with Crippen LogP contribution in [0.1, 0.15) is 57.8 Å². The molecule has 0 radical (unpaired) electrons. The second kappa shape index (κ2) is 7.57. The molecule has 1 amide bonds. The maximum atomic E-state index is 11.6. The van der Waals surface area contributed by atoms with Gasteiger partial charge in [0.2, 0.25) is 5.91 Å². The fraction of sp³-hybridized carbons (Fsp3) is 0.800. The van der Waals surface area contributed by atoms with E-state index in [4.69, 9.17) is 0 Å². The molecule has 0 heterocycles. The highest BCUT2D eigenvalue weighted by Crippen LogP contribution is 2.19. The number of carbonyl (C=O) groups excluding carboxylic acids is 1. The largest absolute Gasteiger partial charge is 0.355 e. The summed E-state index contributed by atoms with van der Waals surface area (Å²) < 4.78 is 0. The van der Waals surface area contributed by atoms with Crippen molar-refractivity contribution in [1.29, 1.82) is 0 Å². The minimum absolute atomic E-state index is 0.151. The van der Waals surface area contributed by atoms with Crippen molar-refractivity contribution in [2.24, 2.45) is 0 Å². The molecule has 0 saturated heterocycles. The molecule has 0 aromatic carbocycles. The van der Waals surface area contributed by atoms with Gasteiger partial charge in [0, 0.05) is 12.6 Å². The van der Waals surface area contributed by atoms with E-state index in [1.54, 1.807) is 0 Å². The molecule has 0 aromatic rings. The molecule has 0 aliphatic heterocycles. The summed E-state index contributed by atoms with van der Waals surface area (Å²) in [4.78, 5) is 11.6. The number of allylic oxidation sites excluding steroid dienone is 1. The number of hydrogen-bond donors (Lipinski definition) is 2. The third-order valence-corrected chi connectivity index (χ3v) is 4.06. The van der Waals surface area contributed by atoms with Crippen molar-refractivity contribution in [2.45, 2.75) is 63.8 Å². The Hall–Kier alpha value is -0.830. The lowest BCUT2D eigenvalue weighted by Crippen LogP contribution is -2.38. The molecule has 0 atom stereocenters. The van der Waals surface area contributed by atoms with Crippen molar-refractivity contribution in [3.05, 3.63) is 11.6 Å². The van der Waals surface area contributed by atoms with Crippen molar-refractivity contribution in [1.82, 2.24) is 10.6 Å². The summed E-state index contributed by atoms with van der Waals surface area (Å²) in [5.74, 6) is 0.151. The lowest BCUT2D eigenvalue weighted by Gasteiger charge is -2.14. The number of rotatable bonds is 6. The minimum atomic E-state index is 0.151. The Balaban J connectivity index is 1.52. The van der Waals surface area contributed by atoms with Gasteiger partial charge < -0.3 is 10.6 Å². The van der Waals surface area contributed by atoms with Gasteiger partial charge in [-0.1, -0.05) is 24.5 Å². The van der Waals surface area contributed by atoms with E-state index in [9.17, 15) is 4.79 Å². The predicted molar refractivity (Wildman–Crippen MR) is 74.4 cm³/mol. The van der Waals surface area contributed by atoms with Crippen LogP contribution in [-0.2, 0) is 4.79 Å². The first kappa shape index (κ1) is 13.6. The van der Waals surface area contributed by atoms with Crippen molar-refractivity contribution >= 4 is 5.91 Å². The van der Waals surface area contributed by atoms with E-state index in [1.165, 1.54) is 56.9 Å². The predicted octanol–water partition coefficient (Wildman–Crippen LogP) is 2.53. The van der Waals surface area contributed by atoms with Crippen molar-refractivity contribution < 1.29 is 4.79 Å². The topological polar surface area (TPSA) is 41.1 Å². The van der Waals surface area contributed by atoms with E-state index in [0.717, 1.165) is 13.0 Å². The number of amides is 1.